The summed E-state index contributed by atoms with van der Waals surface area (Å²) in [4.78, 5) is 11.3. The molecule has 29 heavy (non-hydrogen) atoms. The molecular formula is C22H27F3O4. The number of benzene rings is 1. The van der Waals surface area contributed by atoms with Gasteiger partial charge in [-0.3, -0.25) is 0 Å². The van der Waals surface area contributed by atoms with Gasteiger partial charge in [-0.25, -0.2) is 4.79 Å². The van der Waals surface area contributed by atoms with Gasteiger partial charge in [0.25, 0.3) is 0 Å². The van der Waals surface area contributed by atoms with E-state index in [4.69, 9.17) is 9.47 Å². The summed E-state index contributed by atoms with van der Waals surface area (Å²) >= 11 is 0. The molecule has 4 nitrogen and oxygen atoms in total. The van der Waals surface area contributed by atoms with E-state index < -0.39 is 29.7 Å². The zero-order valence-electron chi connectivity index (χ0n) is 16.7. The molecule has 0 spiro atoms. The van der Waals surface area contributed by atoms with Crippen molar-refractivity contribution in [2.45, 2.75) is 70.9 Å². The molecule has 4 aliphatic rings. The third-order valence-electron chi connectivity index (χ3n) is 6.75. The second-order valence-corrected chi connectivity index (χ2v) is 9.43. The molecule has 4 saturated carbocycles. The zero-order valence-corrected chi connectivity index (χ0v) is 16.7. The van der Waals surface area contributed by atoms with Crippen molar-refractivity contribution in [1.29, 1.82) is 0 Å². The summed E-state index contributed by atoms with van der Waals surface area (Å²) in [7, 11) is 0. The first kappa shape index (κ1) is 20.5. The number of hydrogen-bond donors (Lipinski definition) is 1. The second kappa shape index (κ2) is 7.18. The fourth-order valence-electron chi connectivity index (χ4n) is 6.11. The highest BCUT2D eigenvalue weighted by atomic mass is 19.4. The minimum Gasteiger partial charge on any atom is -0.478 e. The second-order valence-electron chi connectivity index (χ2n) is 9.43. The summed E-state index contributed by atoms with van der Waals surface area (Å²) in [6.07, 6.45) is 0.590. The van der Waals surface area contributed by atoms with Gasteiger partial charge in [0.1, 0.15) is 5.75 Å². The highest BCUT2D eigenvalue weighted by Crippen LogP contribution is 2.62. The molecule has 4 fully saturated rings. The van der Waals surface area contributed by atoms with E-state index in [2.05, 4.69) is 0 Å². The van der Waals surface area contributed by atoms with Gasteiger partial charge in [0, 0.05) is 5.41 Å². The SMILES string of the molecule is CC(C)OC(Oc1cc(C(=O)O)ccc1C(F)(F)F)C12CC3CC(CC(C3)C1)C2. The average molecular weight is 412 g/mol. The summed E-state index contributed by atoms with van der Waals surface area (Å²) < 4.78 is 52.8. The van der Waals surface area contributed by atoms with Crippen LogP contribution in [-0.2, 0) is 10.9 Å². The first-order chi connectivity index (χ1) is 13.6. The molecule has 1 aromatic carbocycles. The Hall–Kier alpha value is -1.76. The van der Waals surface area contributed by atoms with Gasteiger partial charge in [-0.15, -0.1) is 0 Å². The van der Waals surface area contributed by atoms with Gasteiger partial charge in [0.15, 0.2) is 0 Å². The smallest absolute Gasteiger partial charge is 0.419 e. The zero-order chi connectivity index (χ0) is 21.0. The molecule has 1 unspecified atom stereocenters. The Kier molecular flexibility index (Phi) is 5.08. The summed E-state index contributed by atoms with van der Waals surface area (Å²) in [6, 6.07) is 2.72. The molecule has 0 radical (unpaired) electrons. The Labute approximate surface area is 168 Å². The van der Waals surface area contributed by atoms with E-state index in [1.165, 1.54) is 19.3 Å². The Morgan fingerprint density at radius 3 is 2.10 bits per heavy atom. The van der Waals surface area contributed by atoms with E-state index >= 15 is 0 Å². The molecule has 0 saturated heterocycles. The lowest BCUT2D eigenvalue weighted by Crippen LogP contribution is -2.54. The lowest BCUT2D eigenvalue weighted by atomic mass is 9.49. The van der Waals surface area contributed by atoms with Crippen LogP contribution in [0.2, 0.25) is 0 Å². The van der Waals surface area contributed by atoms with E-state index in [-0.39, 0.29) is 17.1 Å². The molecule has 0 amide bonds. The van der Waals surface area contributed by atoms with Gasteiger partial charge in [-0.05, 0) is 88.3 Å². The largest absolute Gasteiger partial charge is 0.478 e. The molecule has 1 atom stereocenters. The summed E-state index contributed by atoms with van der Waals surface area (Å²) in [5.74, 6) is -0.0137. The number of hydrogen-bond acceptors (Lipinski definition) is 3. The highest BCUT2D eigenvalue weighted by molar-refractivity contribution is 5.88. The standard InChI is InChI=1S/C22H27F3O4/c1-12(2)28-20(21-9-13-5-14(10-21)7-15(6-13)11-21)29-18-8-16(19(26)27)3-4-17(18)22(23,24)25/h3-4,8,12-15,20H,5-7,9-11H2,1-2H3,(H,26,27). The molecular weight excluding hydrogens is 385 g/mol. The molecule has 160 valence electrons. The predicted molar refractivity (Wildman–Crippen MR) is 99.6 cm³/mol. The molecule has 0 heterocycles. The fourth-order valence-corrected chi connectivity index (χ4v) is 6.11. The van der Waals surface area contributed by atoms with Crippen LogP contribution in [0.1, 0.15) is 68.3 Å². The number of halogens is 3. The molecule has 7 heteroatoms. The Balaban J connectivity index is 1.71. The van der Waals surface area contributed by atoms with Crippen molar-refractivity contribution in [3.05, 3.63) is 29.3 Å². The van der Waals surface area contributed by atoms with Gasteiger partial charge < -0.3 is 14.6 Å². The predicted octanol–water partition coefficient (Wildman–Crippen LogP) is 5.75. The van der Waals surface area contributed by atoms with E-state index in [1.807, 2.05) is 13.8 Å². The Morgan fingerprint density at radius 2 is 1.66 bits per heavy atom. The fraction of sp³-hybridized carbons (Fsp3) is 0.682. The number of carboxylic acids is 1. The summed E-state index contributed by atoms with van der Waals surface area (Å²) in [5, 5.41) is 9.24. The summed E-state index contributed by atoms with van der Waals surface area (Å²) in [5.41, 5.74) is -1.51. The lowest BCUT2D eigenvalue weighted by Gasteiger charge is -2.58. The van der Waals surface area contributed by atoms with Crippen LogP contribution in [0.5, 0.6) is 5.75 Å². The number of rotatable bonds is 6. The van der Waals surface area contributed by atoms with Gasteiger partial charge in [-0.2, -0.15) is 13.2 Å². The van der Waals surface area contributed by atoms with Crippen LogP contribution in [-0.4, -0.2) is 23.5 Å². The first-order valence-corrected chi connectivity index (χ1v) is 10.3. The third kappa shape index (κ3) is 3.98. The topological polar surface area (TPSA) is 55.8 Å². The number of carbonyl (C=O) groups is 1. The van der Waals surface area contributed by atoms with Crippen LogP contribution in [0.4, 0.5) is 13.2 Å². The highest BCUT2D eigenvalue weighted by Gasteiger charge is 2.56. The van der Waals surface area contributed by atoms with Gasteiger partial charge in [0.05, 0.1) is 17.2 Å². The first-order valence-electron chi connectivity index (χ1n) is 10.3. The molecule has 0 aliphatic heterocycles. The van der Waals surface area contributed by atoms with Crippen LogP contribution < -0.4 is 4.74 Å². The number of carboxylic acid groups (broad SMARTS) is 1. The van der Waals surface area contributed by atoms with Crippen LogP contribution in [0.3, 0.4) is 0 Å². The van der Waals surface area contributed by atoms with Crippen LogP contribution in [0, 0.1) is 23.2 Å². The summed E-state index contributed by atoms with van der Waals surface area (Å²) in [6.45, 7) is 3.68. The molecule has 4 bridgehead atoms. The maximum Gasteiger partial charge on any atom is 0.419 e. The molecule has 0 aromatic heterocycles. The van der Waals surface area contributed by atoms with Gasteiger partial charge >= 0.3 is 12.1 Å². The maximum atomic E-state index is 13.6. The van der Waals surface area contributed by atoms with Gasteiger partial charge in [-0.1, -0.05) is 0 Å². The van der Waals surface area contributed by atoms with Crippen LogP contribution >= 0.6 is 0 Å². The lowest BCUT2D eigenvalue weighted by molar-refractivity contribution is -0.229. The maximum absolute atomic E-state index is 13.6. The average Bonchev–Trinajstić information content (AvgIpc) is 2.58. The van der Waals surface area contributed by atoms with Gasteiger partial charge in [0.2, 0.25) is 6.29 Å². The van der Waals surface area contributed by atoms with Crippen molar-refractivity contribution >= 4 is 5.97 Å². The Morgan fingerprint density at radius 1 is 1.10 bits per heavy atom. The van der Waals surface area contributed by atoms with Crippen LogP contribution in [0.25, 0.3) is 0 Å². The van der Waals surface area contributed by atoms with Crippen molar-refractivity contribution in [3.63, 3.8) is 0 Å². The molecule has 1 N–H and O–H groups in total. The van der Waals surface area contributed by atoms with E-state index in [9.17, 15) is 23.1 Å². The van der Waals surface area contributed by atoms with Crippen molar-refractivity contribution in [1.82, 2.24) is 0 Å². The molecule has 5 rings (SSSR count). The quantitative estimate of drug-likeness (QED) is 0.605. The van der Waals surface area contributed by atoms with E-state index in [0.717, 1.165) is 37.5 Å². The van der Waals surface area contributed by atoms with Crippen LogP contribution in [0.15, 0.2) is 18.2 Å². The molecule has 1 aromatic rings. The normalized spacial score (nSPS) is 31.9. The minimum absolute atomic E-state index is 0.218. The molecule has 4 aliphatic carbocycles. The minimum atomic E-state index is -4.64. The van der Waals surface area contributed by atoms with E-state index in [1.54, 1.807) is 0 Å². The van der Waals surface area contributed by atoms with Crippen molar-refractivity contribution in [3.8, 4) is 5.75 Å². The van der Waals surface area contributed by atoms with E-state index in [0.29, 0.717) is 17.8 Å². The number of aromatic carboxylic acids is 1. The number of ether oxygens (including phenoxy) is 2. The monoisotopic (exact) mass is 412 g/mol. The Bertz CT molecular complexity index is 751. The van der Waals surface area contributed by atoms with Crippen molar-refractivity contribution in [2.75, 3.05) is 0 Å². The third-order valence-corrected chi connectivity index (χ3v) is 6.75. The van der Waals surface area contributed by atoms with Crippen molar-refractivity contribution < 1.29 is 32.5 Å². The number of alkyl halides is 3. The van der Waals surface area contributed by atoms with Crippen molar-refractivity contribution in [2.24, 2.45) is 23.2 Å².